The molecule has 0 atom stereocenters. The van der Waals surface area contributed by atoms with E-state index in [1.165, 1.54) is 0 Å². The van der Waals surface area contributed by atoms with Crippen LogP contribution in [0.15, 0.2) is 42.7 Å². The summed E-state index contributed by atoms with van der Waals surface area (Å²) in [7, 11) is 0. The number of para-hydroxylation sites is 1. The zero-order valence-electron chi connectivity index (χ0n) is 13.5. The van der Waals surface area contributed by atoms with Gasteiger partial charge in [0.15, 0.2) is 0 Å². The summed E-state index contributed by atoms with van der Waals surface area (Å²) in [5.41, 5.74) is 1.69. The van der Waals surface area contributed by atoms with Crippen molar-refractivity contribution in [3.8, 4) is 0 Å². The summed E-state index contributed by atoms with van der Waals surface area (Å²) >= 11 is 0. The summed E-state index contributed by atoms with van der Waals surface area (Å²) in [6.45, 7) is 5.21. The fraction of sp³-hybridized carbons (Fsp3) is 0.353. The highest BCUT2D eigenvalue weighted by atomic mass is 16.2. The number of rotatable bonds is 6. The van der Waals surface area contributed by atoms with Crippen LogP contribution in [0.3, 0.4) is 0 Å². The van der Waals surface area contributed by atoms with E-state index >= 15 is 0 Å². The van der Waals surface area contributed by atoms with Gasteiger partial charge in [-0.3, -0.25) is 14.3 Å². The van der Waals surface area contributed by atoms with E-state index in [2.05, 4.69) is 15.7 Å². The van der Waals surface area contributed by atoms with Crippen molar-refractivity contribution in [1.29, 1.82) is 0 Å². The topological polar surface area (TPSA) is 76.0 Å². The van der Waals surface area contributed by atoms with E-state index in [0.717, 1.165) is 5.56 Å². The van der Waals surface area contributed by atoms with Crippen LogP contribution in [-0.4, -0.2) is 28.1 Å². The van der Waals surface area contributed by atoms with Crippen LogP contribution in [0.5, 0.6) is 0 Å². The number of nitrogens with zero attached hydrogens (tertiary/aromatic N) is 2. The first kappa shape index (κ1) is 16.7. The van der Waals surface area contributed by atoms with Gasteiger partial charge in [-0.25, -0.2) is 0 Å². The molecule has 2 amide bonds. The molecule has 6 heteroatoms. The maximum absolute atomic E-state index is 12.0. The lowest BCUT2D eigenvalue weighted by molar-refractivity contribution is -0.136. The lowest BCUT2D eigenvalue weighted by Crippen LogP contribution is -2.36. The Morgan fingerprint density at radius 2 is 1.96 bits per heavy atom. The van der Waals surface area contributed by atoms with Crippen molar-refractivity contribution in [3.05, 3.63) is 48.3 Å². The molecule has 0 saturated heterocycles. The molecule has 0 unspecified atom stereocenters. The van der Waals surface area contributed by atoms with Crippen molar-refractivity contribution in [2.75, 3.05) is 11.9 Å². The second kappa shape index (κ2) is 8.12. The number of anilines is 1. The van der Waals surface area contributed by atoms with Gasteiger partial charge in [-0.05, 0) is 30.0 Å². The molecule has 2 aromatic rings. The molecule has 2 rings (SSSR count). The van der Waals surface area contributed by atoms with E-state index in [1.807, 2.05) is 44.3 Å². The number of hydrogen-bond acceptors (Lipinski definition) is 3. The van der Waals surface area contributed by atoms with E-state index < -0.39 is 11.8 Å². The highest BCUT2D eigenvalue weighted by molar-refractivity contribution is 6.39. The normalized spacial score (nSPS) is 10.6. The average molecular weight is 314 g/mol. The summed E-state index contributed by atoms with van der Waals surface area (Å²) < 4.78 is 1.78. The number of aryl methyl sites for hydroxylation is 1. The molecule has 0 spiro atoms. The Hall–Kier alpha value is -2.63. The van der Waals surface area contributed by atoms with Crippen molar-refractivity contribution < 1.29 is 9.59 Å². The zero-order valence-corrected chi connectivity index (χ0v) is 13.5. The van der Waals surface area contributed by atoms with Crippen LogP contribution in [0, 0.1) is 0 Å². The number of aromatic nitrogens is 2. The fourth-order valence-electron chi connectivity index (χ4n) is 2.25. The van der Waals surface area contributed by atoms with Gasteiger partial charge in [-0.1, -0.05) is 32.0 Å². The van der Waals surface area contributed by atoms with Crippen molar-refractivity contribution in [2.24, 2.45) is 0 Å². The number of amides is 2. The lowest BCUT2D eigenvalue weighted by atomic mass is 10.0. The van der Waals surface area contributed by atoms with Crippen LogP contribution in [-0.2, 0) is 16.1 Å². The van der Waals surface area contributed by atoms with Gasteiger partial charge in [-0.15, -0.1) is 0 Å². The van der Waals surface area contributed by atoms with Crippen LogP contribution in [0.2, 0.25) is 0 Å². The predicted molar refractivity (Wildman–Crippen MR) is 89.0 cm³/mol. The van der Waals surface area contributed by atoms with Gasteiger partial charge in [0.05, 0.1) is 0 Å². The first-order chi connectivity index (χ1) is 11.1. The number of carbonyl (C=O) groups excluding carboxylic acids is 2. The quantitative estimate of drug-likeness (QED) is 0.633. The monoisotopic (exact) mass is 314 g/mol. The molecule has 1 aromatic carbocycles. The smallest absolute Gasteiger partial charge is 0.313 e. The fourth-order valence-corrected chi connectivity index (χ4v) is 2.25. The second-order valence-corrected chi connectivity index (χ2v) is 5.57. The first-order valence-electron chi connectivity index (χ1n) is 7.73. The van der Waals surface area contributed by atoms with Crippen LogP contribution < -0.4 is 10.6 Å². The van der Waals surface area contributed by atoms with Crippen LogP contribution in [0.25, 0.3) is 0 Å². The van der Waals surface area contributed by atoms with Crippen molar-refractivity contribution >= 4 is 17.5 Å². The molecule has 0 aliphatic rings. The first-order valence-corrected chi connectivity index (χ1v) is 7.73. The third kappa shape index (κ3) is 4.95. The van der Waals surface area contributed by atoms with E-state index in [-0.39, 0.29) is 5.92 Å². The minimum absolute atomic E-state index is 0.267. The molecule has 0 fully saturated rings. The minimum Gasteiger partial charge on any atom is -0.348 e. The van der Waals surface area contributed by atoms with Crippen LogP contribution in [0.1, 0.15) is 31.7 Å². The largest absolute Gasteiger partial charge is 0.348 e. The predicted octanol–water partition coefficient (Wildman–Crippen LogP) is 2.15. The molecule has 0 aliphatic heterocycles. The van der Waals surface area contributed by atoms with E-state index in [4.69, 9.17) is 0 Å². The Morgan fingerprint density at radius 1 is 1.17 bits per heavy atom. The third-order valence-electron chi connectivity index (χ3n) is 3.45. The van der Waals surface area contributed by atoms with Crippen LogP contribution in [0.4, 0.5) is 5.69 Å². The molecular formula is C17H22N4O2. The molecular weight excluding hydrogens is 292 g/mol. The molecule has 1 heterocycles. The molecule has 0 bridgehead atoms. The van der Waals surface area contributed by atoms with Gasteiger partial charge in [-0.2, -0.15) is 5.10 Å². The molecule has 2 N–H and O–H groups in total. The maximum atomic E-state index is 12.0. The average Bonchev–Trinajstić information content (AvgIpc) is 3.05. The summed E-state index contributed by atoms with van der Waals surface area (Å²) in [6.07, 6.45) is 4.28. The number of benzene rings is 1. The standard InChI is InChI=1S/C17H22N4O2/c1-13(2)14-7-3-4-8-15(14)20-17(23)16(22)18-9-5-11-21-12-6-10-19-21/h3-4,6-8,10,12-13H,5,9,11H2,1-2H3,(H,18,22)(H,20,23). The Labute approximate surface area is 135 Å². The van der Waals surface area contributed by atoms with Gasteiger partial charge >= 0.3 is 11.8 Å². The molecule has 23 heavy (non-hydrogen) atoms. The Morgan fingerprint density at radius 3 is 2.65 bits per heavy atom. The third-order valence-corrected chi connectivity index (χ3v) is 3.45. The van der Waals surface area contributed by atoms with Gasteiger partial charge in [0, 0.05) is 31.2 Å². The number of hydrogen-bond donors (Lipinski definition) is 2. The summed E-state index contributed by atoms with van der Waals surface area (Å²) in [6, 6.07) is 9.35. The van der Waals surface area contributed by atoms with Gasteiger partial charge in [0.1, 0.15) is 0 Å². The highest BCUT2D eigenvalue weighted by Gasteiger charge is 2.15. The van der Waals surface area contributed by atoms with E-state index in [0.29, 0.717) is 25.2 Å². The van der Waals surface area contributed by atoms with Gasteiger partial charge in [0.25, 0.3) is 0 Å². The van der Waals surface area contributed by atoms with Gasteiger partial charge in [0.2, 0.25) is 0 Å². The van der Waals surface area contributed by atoms with Crippen LogP contribution >= 0.6 is 0 Å². The van der Waals surface area contributed by atoms with Gasteiger partial charge < -0.3 is 10.6 Å². The summed E-state index contributed by atoms with van der Waals surface area (Å²) in [4.78, 5) is 23.8. The maximum Gasteiger partial charge on any atom is 0.313 e. The van der Waals surface area contributed by atoms with E-state index in [9.17, 15) is 9.59 Å². The number of carbonyl (C=O) groups is 2. The lowest BCUT2D eigenvalue weighted by Gasteiger charge is -2.13. The Balaban J connectivity index is 1.80. The van der Waals surface area contributed by atoms with Crippen molar-refractivity contribution in [2.45, 2.75) is 32.7 Å². The summed E-state index contributed by atoms with van der Waals surface area (Å²) in [5.74, 6) is -0.996. The van der Waals surface area contributed by atoms with Crippen molar-refractivity contribution in [1.82, 2.24) is 15.1 Å². The second-order valence-electron chi connectivity index (χ2n) is 5.57. The molecule has 0 saturated carbocycles. The summed E-state index contributed by atoms with van der Waals surface area (Å²) in [5, 5.41) is 9.37. The SMILES string of the molecule is CC(C)c1ccccc1NC(=O)C(=O)NCCCn1cccn1. The molecule has 122 valence electrons. The minimum atomic E-state index is -0.641. The molecule has 0 radical (unpaired) electrons. The Kier molecular flexibility index (Phi) is 5.91. The van der Waals surface area contributed by atoms with Crippen molar-refractivity contribution in [3.63, 3.8) is 0 Å². The van der Waals surface area contributed by atoms with E-state index in [1.54, 1.807) is 16.9 Å². The zero-order chi connectivity index (χ0) is 16.7. The Bertz CT molecular complexity index is 650. The molecule has 6 nitrogen and oxygen atoms in total. The molecule has 0 aliphatic carbocycles. The highest BCUT2D eigenvalue weighted by Crippen LogP contribution is 2.23. The number of nitrogens with one attached hydrogen (secondary N) is 2. The molecule has 1 aromatic heterocycles.